The predicted octanol–water partition coefficient (Wildman–Crippen LogP) is -18.4. The molecule has 0 saturated heterocycles. The standard InChI is InChI=1S/C10H14O10.4Na/c1-4(20-6(9(15)16)10(17)18)2-3-19-5(7(11)12)8(13)14;;;;/h4-6H,2-3H2,1H3,(H,11,12)(H,13,14)(H,15,16)(H,17,18);;;;/q;4*+1/p-4. The Morgan fingerprint density at radius 2 is 1.08 bits per heavy atom. The van der Waals surface area contributed by atoms with Gasteiger partial charge in [-0.05, 0) is 13.3 Å². The fraction of sp³-hybridized carbons (Fsp3) is 0.600. The molecular formula is C10H10Na4O10. The molecule has 0 aliphatic heterocycles. The van der Waals surface area contributed by atoms with E-state index in [0.717, 1.165) is 0 Å². The van der Waals surface area contributed by atoms with E-state index in [1.807, 2.05) is 0 Å². The summed E-state index contributed by atoms with van der Waals surface area (Å²) in [5, 5.41) is 41.4. The first-order valence-electron chi connectivity index (χ1n) is 5.27. The zero-order valence-corrected chi connectivity index (χ0v) is 22.2. The third kappa shape index (κ3) is 16.0. The summed E-state index contributed by atoms with van der Waals surface area (Å²) in [5.74, 6) is -8.05. The average molecular weight is 382 g/mol. The molecule has 0 radical (unpaired) electrons. The fourth-order valence-electron chi connectivity index (χ4n) is 1.09. The number of carbonyl (C=O) groups is 4. The van der Waals surface area contributed by atoms with Crippen molar-refractivity contribution < 1.29 is 167 Å². The molecule has 1 unspecified atom stereocenters. The molecule has 0 rings (SSSR count). The van der Waals surface area contributed by atoms with Crippen LogP contribution in [0.3, 0.4) is 0 Å². The third-order valence-corrected chi connectivity index (χ3v) is 2.03. The molecule has 0 aromatic rings. The summed E-state index contributed by atoms with van der Waals surface area (Å²) in [5.41, 5.74) is 0. The van der Waals surface area contributed by atoms with E-state index in [9.17, 15) is 39.6 Å². The second-order valence-corrected chi connectivity index (χ2v) is 3.64. The van der Waals surface area contributed by atoms with Gasteiger partial charge in [-0.25, -0.2) is 0 Å². The minimum Gasteiger partial charge on any atom is -0.547 e. The summed E-state index contributed by atoms with van der Waals surface area (Å²) in [7, 11) is 0. The Morgan fingerprint density at radius 1 is 0.750 bits per heavy atom. The van der Waals surface area contributed by atoms with Crippen molar-refractivity contribution in [3.8, 4) is 0 Å². The van der Waals surface area contributed by atoms with Gasteiger partial charge in [-0.3, -0.25) is 0 Å². The number of ether oxygens (including phenoxy) is 2. The average Bonchev–Trinajstić information content (AvgIpc) is 2.29. The van der Waals surface area contributed by atoms with Crippen LogP contribution in [0.25, 0.3) is 0 Å². The maximum Gasteiger partial charge on any atom is 1.00 e. The van der Waals surface area contributed by atoms with Crippen molar-refractivity contribution in [1.29, 1.82) is 0 Å². The quantitative estimate of drug-likeness (QED) is 0.260. The smallest absolute Gasteiger partial charge is 0.547 e. The summed E-state index contributed by atoms with van der Waals surface area (Å²) in [6.45, 7) is 0.788. The molecule has 0 spiro atoms. The zero-order valence-electron chi connectivity index (χ0n) is 14.2. The Hall–Kier alpha value is 1.80. The Labute approximate surface area is 226 Å². The number of carboxylic acids is 4. The first-order valence-corrected chi connectivity index (χ1v) is 5.27. The van der Waals surface area contributed by atoms with E-state index in [1.165, 1.54) is 6.92 Å². The van der Waals surface area contributed by atoms with Crippen LogP contribution in [0, 0.1) is 0 Å². The molecule has 0 amide bonds. The van der Waals surface area contributed by atoms with E-state index in [1.54, 1.807) is 0 Å². The van der Waals surface area contributed by atoms with E-state index in [-0.39, 0.29) is 125 Å². The van der Waals surface area contributed by atoms with Crippen molar-refractivity contribution in [3.05, 3.63) is 0 Å². The van der Waals surface area contributed by atoms with Gasteiger partial charge in [0.25, 0.3) is 0 Å². The van der Waals surface area contributed by atoms with E-state index < -0.39 is 48.8 Å². The molecule has 0 fully saturated rings. The number of rotatable bonds is 10. The van der Waals surface area contributed by atoms with Crippen molar-refractivity contribution >= 4 is 23.9 Å². The number of hydrogen-bond donors (Lipinski definition) is 0. The Bertz CT molecular complexity index is 377. The fourth-order valence-corrected chi connectivity index (χ4v) is 1.09. The minimum atomic E-state index is -2.30. The Kier molecular flexibility index (Phi) is 29.9. The van der Waals surface area contributed by atoms with Gasteiger partial charge in [0.15, 0.2) is 0 Å². The van der Waals surface area contributed by atoms with Crippen LogP contribution >= 0.6 is 0 Å². The normalized spacial score (nSPS) is 10.3. The Balaban J connectivity index is -0.000000301. The van der Waals surface area contributed by atoms with E-state index in [4.69, 9.17) is 0 Å². The van der Waals surface area contributed by atoms with E-state index in [0.29, 0.717) is 0 Å². The topological polar surface area (TPSA) is 179 Å². The van der Waals surface area contributed by atoms with E-state index in [2.05, 4.69) is 9.47 Å². The molecule has 0 aromatic carbocycles. The molecule has 0 aliphatic rings. The van der Waals surface area contributed by atoms with Gasteiger partial charge in [-0.15, -0.1) is 0 Å². The molecule has 0 bridgehead atoms. The van der Waals surface area contributed by atoms with Crippen molar-refractivity contribution in [2.75, 3.05) is 6.61 Å². The number of carboxylic acid groups (broad SMARTS) is 4. The summed E-state index contributed by atoms with van der Waals surface area (Å²) in [6.07, 6.45) is -5.78. The van der Waals surface area contributed by atoms with Crippen LogP contribution in [0.4, 0.5) is 0 Å². The first-order chi connectivity index (χ1) is 9.16. The number of carbonyl (C=O) groups excluding carboxylic acids is 4. The van der Waals surface area contributed by atoms with Crippen LogP contribution < -0.4 is 139 Å². The van der Waals surface area contributed by atoms with Gasteiger partial charge in [0.1, 0.15) is 12.2 Å². The zero-order chi connectivity index (χ0) is 15.9. The van der Waals surface area contributed by atoms with E-state index >= 15 is 0 Å². The largest absolute Gasteiger partial charge is 1.00 e. The summed E-state index contributed by atoms with van der Waals surface area (Å²) >= 11 is 0. The molecule has 0 aliphatic carbocycles. The van der Waals surface area contributed by atoms with Gasteiger partial charge in [0.2, 0.25) is 0 Å². The third-order valence-electron chi connectivity index (χ3n) is 2.03. The van der Waals surface area contributed by atoms with Crippen molar-refractivity contribution in [2.45, 2.75) is 31.7 Å². The first kappa shape index (κ1) is 36.7. The Morgan fingerprint density at radius 3 is 1.38 bits per heavy atom. The molecule has 0 heterocycles. The molecule has 114 valence electrons. The van der Waals surface area contributed by atoms with Gasteiger partial charge in [0.05, 0.1) is 36.6 Å². The van der Waals surface area contributed by atoms with Crippen molar-refractivity contribution in [3.63, 3.8) is 0 Å². The van der Waals surface area contributed by atoms with Crippen LogP contribution in [0.5, 0.6) is 0 Å². The van der Waals surface area contributed by atoms with Crippen LogP contribution in [0.1, 0.15) is 13.3 Å². The van der Waals surface area contributed by atoms with Gasteiger partial charge < -0.3 is 49.1 Å². The number of aliphatic carboxylic acids is 4. The summed E-state index contributed by atoms with van der Waals surface area (Å²) in [4.78, 5) is 41.4. The second kappa shape index (κ2) is 19.6. The summed E-state index contributed by atoms with van der Waals surface area (Å²) in [6, 6.07) is 0. The van der Waals surface area contributed by atoms with Gasteiger partial charge in [-0.1, -0.05) is 0 Å². The molecule has 0 saturated carbocycles. The van der Waals surface area contributed by atoms with Crippen molar-refractivity contribution in [1.82, 2.24) is 0 Å². The minimum absolute atomic E-state index is 0. The van der Waals surface area contributed by atoms with Crippen LogP contribution in [0.15, 0.2) is 0 Å². The monoisotopic (exact) mass is 382 g/mol. The SMILES string of the molecule is CC(CCOC(C(=O)[O-])C(=O)[O-])OC(C(=O)[O-])C(=O)[O-].[Na+].[Na+].[Na+].[Na+]. The molecule has 24 heavy (non-hydrogen) atoms. The molecule has 0 N–H and O–H groups in total. The van der Waals surface area contributed by atoms with Crippen LogP contribution in [0.2, 0.25) is 0 Å². The molecule has 10 nitrogen and oxygen atoms in total. The summed E-state index contributed by atoms with van der Waals surface area (Å²) < 4.78 is 8.95. The van der Waals surface area contributed by atoms with Gasteiger partial charge >= 0.3 is 118 Å². The molecular weight excluding hydrogens is 372 g/mol. The predicted molar refractivity (Wildman–Crippen MR) is 48.7 cm³/mol. The molecule has 1 atom stereocenters. The number of hydrogen-bond acceptors (Lipinski definition) is 10. The maximum atomic E-state index is 10.4. The van der Waals surface area contributed by atoms with Crippen LogP contribution in [-0.4, -0.2) is 48.8 Å². The molecule has 0 aromatic heterocycles. The van der Waals surface area contributed by atoms with Gasteiger partial charge in [-0.2, -0.15) is 0 Å². The van der Waals surface area contributed by atoms with Crippen molar-refractivity contribution in [2.24, 2.45) is 0 Å². The second-order valence-electron chi connectivity index (χ2n) is 3.64. The van der Waals surface area contributed by atoms with Crippen LogP contribution in [-0.2, 0) is 28.7 Å². The van der Waals surface area contributed by atoms with Gasteiger partial charge in [0, 0.05) is 0 Å². The maximum absolute atomic E-state index is 10.4. The molecule has 14 heteroatoms.